The number of Topliss-reactive ketones (excluding diaryl/α,β-unsaturated/α-hetero) is 1. The molecule has 0 aliphatic carbocycles. The lowest BCUT2D eigenvalue weighted by Crippen LogP contribution is -2.25. The van der Waals surface area contributed by atoms with E-state index in [1.807, 2.05) is 0 Å². The minimum Gasteiger partial charge on any atom is -0.300 e. The molecule has 0 aromatic heterocycles. The van der Waals surface area contributed by atoms with Crippen molar-refractivity contribution in [3.63, 3.8) is 0 Å². The number of piperidine rings is 1. The van der Waals surface area contributed by atoms with Crippen molar-refractivity contribution in [2.45, 2.75) is 12.8 Å². The van der Waals surface area contributed by atoms with Gasteiger partial charge in [-0.2, -0.15) is 0 Å². The number of nitrogens with zero attached hydrogens (tertiary/aromatic N) is 1. The molecule has 1 heterocycles. The molecule has 1 saturated heterocycles. The Morgan fingerprint density at radius 2 is 1.88 bits per heavy atom. The molecule has 3 heteroatoms. The van der Waals surface area contributed by atoms with Gasteiger partial charge in [-0.15, -0.1) is 0 Å². The molecule has 0 bridgehead atoms. The summed E-state index contributed by atoms with van der Waals surface area (Å²) in [5.74, 6) is 0.335. The first kappa shape index (κ1) is 6.05. The van der Waals surface area contributed by atoms with Crippen molar-refractivity contribution in [1.29, 1.82) is 0 Å². The lowest BCUT2D eigenvalue weighted by molar-refractivity contribution is -0.120. The summed E-state index contributed by atoms with van der Waals surface area (Å²) in [6.45, 7) is 1.45. The van der Waals surface area contributed by atoms with E-state index >= 15 is 0 Å². The quantitative estimate of drug-likeness (QED) is 0.456. The second-order valence-corrected chi connectivity index (χ2v) is 2.43. The molecule has 0 spiro atoms. The van der Waals surface area contributed by atoms with Gasteiger partial charge >= 0.3 is 0 Å². The van der Waals surface area contributed by atoms with Gasteiger partial charge in [0, 0.05) is 25.9 Å². The smallest absolute Gasteiger partial charge is 0.135 e. The fraction of sp³-hybridized carbons (Fsp3) is 0.800. The summed E-state index contributed by atoms with van der Waals surface area (Å²) in [4.78, 5) is 10.5. The highest BCUT2D eigenvalue weighted by Gasteiger charge is 2.12. The summed E-state index contributed by atoms with van der Waals surface area (Å²) in [7, 11) is 0. The first-order chi connectivity index (χ1) is 3.79. The highest BCUT2D eigenvalue weighted by atomic mass is 35.5. The number of halogens is 1. The Balaban J connectivity index is 2.29. The van der Waals surface area contributed by atoms with E-state index in [9.17, 15) is 4.79 Å². The molecule has 0 aromatic carbocycles. The lowest BCUT2D eigenvalue weighted by Gasteiger charge is -2.16. The Bertz CT molecular complexity index is 94.6. The molecule has 0 radical (unpaired) electrons. The maximum atomic E-state index is 10.5. The molecular weight excluding hydrogens is 126 g/mol. The van der Waals surface area contributed by atoms with Crippen LogP contribution in [0, 0.1) is 0 Å². The highest BCUT2D eigenvalue weighted by molar-refractivity contribution is 6.13. The third-order valence-electron chi connectivity index (χ3n) is 1.27. The van der Waals surface area contributed by atoms with Gasteiger partial charge in [-0.25, -0.2) is 4.42 Å². The van der Waals surface area contributed by atoms with Crippen molar-refractivity contribution < 1.29 is 4.79 Å². The van der Waals surface area contributed by atoms with Crippen LogP contribution in [0.4, 0.5) is 0 Å². The van der Waals surface area contributed by atoms with E-state index in [1.165, 1.54) is 0 Å². The fourth-order valence-electron chi connectivity index (χ4n) is 0.729. The molecule has 1 aliphatic heterocycles. The van der Waals surface area contributed by atoms with Crippen LogP contribution in [0.25, 0.3) is 0 Å². The molecule has 1 rings (SSSR count). The SMILES string of the molecule is O=C1CCN(Cl)CC1. The first-order valence-electron chi connectivity index (χ1n) is 2.71. The Kier molecular flexibility index (Phi) is 1.86. The van der Waals surface area contributed by atoms with Crippen LogP contribution in [0.3, 0.4) is 0 Å². The van der Waals surface area contributed by atoms with Crippen molar-refractivity contribution in [1.82, 2.24) is 4.42 Å². The number of rotatable bonds is 0. The molecule has 0 unspecified atom stereocenters. The zero-order chi connectivity index (χ0) is 5.98. The molecular formula is C5H8ClNO. The predicted molar refractivity (Wildman–Crippen MR) is 31.7 cm³/mol. The minimum atomic E-state index is 0.335. The topological polar surface area (TPSA) is 20.3 Å². The summed E-state index contributed by atoms with van der Waals surface area (Å²) in [5, 5.41) is 0. The van der Waals surface area contributed by atoms with Crippen LogP contribution in [-0.2, 0) is 4.79 Å². The maximum absolute atomic E-state index is 10.5. The normalized spacial score (nSPS) is 23.9. The number of hydrogen-bond donors (Lipinski definition) is 0. The molecule has 0 aromatic rings. The average molecular weight is 134 g/mol. The molecule has 1 fully saturated rings. The largest absolute Gasteiger partial charge is 0.300 e. The Morgan fingerprint density at radius 3 is 2.25 bits per heavy atom. The van der Waals surface area contributed by atoms with Crippen LogP contribution < -0.4 is 0 Å². The summed E-state index contributed by atoms with van der Waals surface area (Å²) in [6, 6.07) is 0. The molecule has 0 amide bonds. The Hall–Kier alpha value is -0.0800. The van der Waals surface area contributed by atoms with Crippen molar-refractivity contribution >= 4 is 17.6 Å². The van der Waals surface area contributed by atoms with Crippen LogP contribution >= 0.6 is 11.8 Å². The molecule has 46 valence electrons. The highest BCUT2D eigenvalue weighted by Crippen LogP contribution is 2.06. The van der Waals surface area contributed by atoms with Gasteiger partial charge in [0.1, 0.15) is 5.78 Å². The third kappa shape index (κ3) is 1.46. The Morgan fingerprint density at radius 1 is 1.38 bits per heavy atom. The molecule has 2 nitrogen and oxygen atoms in total. The number of carbonyl (C=O) groups is 1. The Labute approximate surface area is 53.5 Å². The van der Waals surface area contributed by atoms with Crippen molar-refractivity contribution in [2.24, 2.45) is 0 Å². The van der Waals surface area contributed by atoms with Gasteiger partial charge in [0.05, 0.1) is 0 Å². The van der Waals surface area contributed by atoms with E-state index in [4.69, 9.17) is 11.8 Å². The molecule has 8 heavy (non-hydrogen) atoms. The standard InChI is InChI=1S/C5H8ClNO/c6-7-3-1-5(8)2-4-7/h1-4H2. The number of carbonyl (C=O) groups excluding carboxylic acids is 1. The van der Waals surface area contributed by atoms with E-state index in [-0.39, 0.29) is 0 Å². The van der Waals surface area contributed by atoms with Gasteiger partial charge in [0.25, 0.3) is 0 Å². The summed E-state index contributed by atoms with van der Waals surface area (Å²) in [6.07, 6.45) is 1.26. The van der Waals surface area contributed by atoms with Crippen LogP contribution in [-0.4, -0.2) is 23.3 Å². The van der Waals surface area contributed by atoms with Gasteiger partial charge in [-0.3, -0.25) is 4.79 Å². The second-order valence-electron chi connectivity index (χ2n) is 1.95. The number of hydrogen-bond acceptors (Lipinski definition) is 2. The van der Waals surface area contributed by atoms with Crippen molar-refractivity contribution in [3.8, 4) is 0 Å². The van der Waals surface area contributed by atoms with Crippen LogP contribution in [0.1, 0.15) is 12.8 Å². The van der Waals surface area contributed by atoms with Gasteiger partial charge in [0.15, 0.2) is 0 Å². The third-order valence-corrected chi connectivity index (χ3v) is 1.60. The zero-order valence-electron chi connectivity index (χ0n) is 4.56. The van der Waals surface area contributed by atoms with E-state index in [0.29, 0.717) is 18.6 Å². The van der Waals surface area contributed by atoms with E-state index in [1.54, 1.807) is 4.42 Å². The lowest BCUT2D eigenvalue weighted by atomic mass is 10.1. The first-order valence-corrected chi connectivity index (χ1v) is 3.05. The predicted octanol–water partition coefficient (Wildman–Crippen LogP) is 0.805. The molecule has 0 atom stereocenters. The molecule has 0 saturated carbocycles. The minimum absolute atomic E-state index is 0.335. The van der Waals surface area contributed by atoms with Gasteiger partial charge < -0.3 is 0 Å². The summed E-state index contributed by atoms with van der Waals surface area (Å²) < 4.78 is 1.65. The van der Waals surface area contributed by atoms with Crippen LogP contribution in [0.5, 0.6) is 0 Å². The van der Waals surface area contributed by atoms with Crippen molar-refractivity contribution in [2.75, 3.05) is 13.1 Å². The van der Waals surface area contributed by atoms with Gasteiger partial charge in [0.2, 0.25) is 0 Å². The molecule has 0 N–H and O–H groups in total. The van der Waals surface area contributed by atoms with Gasteiger partial charge in [-0.1, -0.05) is 0 Å². The van der Waals surface area contributed by atoms with E-state index in [2.05, 4.69) is 0 Å². The summed E-state index contributed by atoms with van der Waals surface area (Å²) >= 11 is 5.56. The van der Waals surface area contributed by atoms with Crippen LogP contribution in [0.2, 0.25) is 0 Å². The average Bonchev–Trinajstić information content (AvgIpc) is 1.77. The number of ketones is 1. The molecule has 1 aliphatic rings. The van der Waals surface area contributed by atoms with Gasteiger partial charge in [-0.05, 0) is 11.8 Å². The summed E-state index contributed by atoms with van der Waals surface area (Å²) in [5.41, 5.74) is 0. The fourth-order valence-corrected chi connectivity index (χ4v) is 0.898. The van der Waals surface area contributed by atoms with E-state index < -0.39 is 0 Å². The van der Waals surface area contributed by atoms with Crippen LogP contribution in [0.15, 0.2) is 0 Å². The maximum Gasteiger partial charge on any atom is 0.135 e. The van der Waals surface area contributed by atoms with Crippen molar-refractivity contribution in [3.05, 3.63) is 0 Å². The van der Waals surface area contributed by atoms with E-state index in [0.717, 1.165) is 13.1 Å². The monoisotopic (exact) mass is 133 g/mol. The second kappa shape index (κ2) is 2.46. The zero-order valence-corrected chi connectivity index (χ0v) is 5.32.